The summed E-state index contributed by atoms with van der Waals surface area (Å²) in [6, 6.07) is 1.89. The summed E-state index contributed by atoms with van der Waals surface area (Å²) in [4.78, 5) is 1.58. The van der Waals surface area contributed by atoms with E-state index in [4.69, 9.17) is 17.4 Å². The number of terminal acetylenes is 1. The number of nitrogens with two attached hydrogens (primary N) is 1. The third-order valence-electron chi connectivity index (χ3n) is 0.964. The van der Waals surface area contributed by atoms with Gasteiger partial charge < -0.3 is 10.6 Å². The molecule has 0 rings (SSSR count). The quantitative estimate of drug-likeness (QED) is 0.402. The molecule has 0 heterocycles. The average molecular weight is 135 g/mol. The van der Waals surface area contributed by atoms with E-state index in [1.807, 2.05) is 6.07 Å². The van der Waals surface area contributed by atoms with E-state index in [1.165, 1.54) is 0 Å². The molecule has 10 heavy (non-hydrogen) atoms. The van der Waals surface area contributed by atoms with Crippen LogP contribution in [-0.2, 0) is 0 Å². The monoisotopic (exact) mass is 135 g/mol. The Morgan fingerprint density at radius 3 is 2.20 bits per heavy atom. The fourth-order valence-electron chi connectivity index (χ4n) is 0.469. The molecule has 0 aliphatic rings. The molecule has 3 heteroatoms. The van der Waals surface area contributed by atoms with Crippen LogP contribution < -0.4 is 5.73 Å². The highest BCUT2D eigenvalue weighted by molar-refractivity contribution is 5.35. The summed E-state index contributed by atoms with van der Waals surface area (Å²) in [5.74, 6) is 2.19. The number of rotatable bonds is 1. The molecule has 52 valence electrons. The van der Waals surface area contributed by atoms with Crippen molar-refractivity contribution in [2.24, 2.45) is 5.73 Å². The molecule has 0 aromatic rings. The van der Waals surface area contributed by atoms with Crippen molar-refractivity contribution in [1.82, 2.24) is 4.90 Å². The number of hydrogen-bond acceptors (Lipinski definition) is 3. The number of allylic oxidation sites excluding steroid dienone is 2. The van der Waals surface area contributed by atoms with E-state index in [1.54, 1.807) is 19.0 Å². The van der Waals surface area contributed by atoms with Crippen LogP contribution in [0, 0.1) is 23.7 Å². The van der Waals surface area contributed by atoms with Crippen molar-refractivity contribution in [3.8, 4) is 18.4 Å². The number of hydrogen-bond donors (Lipinski definition) is 1. The van der Waals surface area contributed by atoms with Crippen molar-refractivity contribution >= 4 is 0 Å². The number of nitrogens with zero attached hydrogens (tertiary/aromatic N) is 2. The zero-order valence-electron chi connectivity index (χ0n) is 6.05. The maximum absolute atomic E-state index is 8.47. The Morgan fingerprint density at radius 1 is 1.60 bits per heavy atom. The lowest BCUT2D eigenvalue weighted by Gasteiger charge is -2.09. The first-order valence-corrected chi connectivity index (χ1v) is 2.67. The summed E-state index contributed by atoms with van der Waals surface area (Å²) in [6.45, 7) is 0. The van der Waals surface area contributed by atoms with Crippen molar-refractivity contribution in [2.45, 2.75) is 0 Å². The highest BCUT2D eigenvalue weighted by atomic mass is 15.1. The highest BCUT2D eigenvalue weighted by Crippen LogP contribution is 1.98. The second-order valence-electron chi connectivity index (χ2n) is 1.91. The normalized spacial score (nSPS) is 10.8. The average Bonchev–Trinajstić information content (AvgIpc) is 1.88. The molecule has 0 saturated carbocycles. The molecule has 0 aliphatic carbocycles. The molecule has 0 amide bonds. The molecule has 3 nitrogen and oxygen atoms in total. The van der Waals surface area contributed by atoms with Crippen LogP contribution in [-0.4, -0.2) is 19.0 Å². The van der Waals surface area contributed by atoms with Crippen molar-refractivity contribution < 1.29 is 0 Å². The second-order valence-corrected chi connectivity index (χ2v) is 1.91. The van der Waals surface area contributed by atoms with E-state index in [-0.39, 0.29) is 5.70 Å². The van der Waals surface area contributed by atoms with Crippen LogP contribution in [0.2, 0.25) is 0 Å². The largest absolute Gasteiger partial charge is 0.390 e. The van der Waals surface area contributed by atoms with Gasteiger partial charge in [0.2, 0.25) is 0 Å². The topological polar surface area (TPSA) is 53.1 Å². The molecule has 0 aromatic carbocycles. The third-order valence-corrected chi connectivity index (χ3v) is 0.964. The van der Waals surface area contributed by atoms with Gasteiger partial charge in [0.25, 0.3) is 0 Å². The summed E-state index contributed by atoms with van der Waals surface area (Å²) in [7, 11) is 3.42. The van der Waals surface area contributed by atoms with Gasteiger partial charge in [-0.15, -0.1) is 6.42 Å². The molecule has 0 aliphatic heterocycles. The first-order valence-electron chi connectivity index (χ1n) is 2.67. The minimum Gasteiger partial charge on any atom is -0.390 e. The van der Waals surface area contributed by atoms with Crippen LogP contribution in [0.4, 0.5) is 0 Å². The molecular formula is C7H9N3. The van der Waals surface area contributed by atoms with E-state index in [9.17, 15) is 0 Å². The molecule has 0 unspecified atom stereocenters. The Hall–Kier alpha value is -1.61. The summed E-state index contributed by atoms with van der Waals surface area (Å²) in [5.41, 5.74) is 5.80. The van der Waals surface area contributed by atoms with Crippen molar-refractivity contribution in [2.75, 3.05) is 14.1 Å². The number of nitriles is 1. The molecule has 0 atom stereocenters. The van der Waals surface area contributed by atoms with E-state index in [0.717, 1.165) is 0 Å². The minimum atomic E-state index is 0.174. The fourth-order valence-corrected chi connectivity index (χ4v) is 0.469. The highest BCUT2D eigenvalue weighted by Gasteiger charge is 2.00. The van der Waals surface area contributed by atoms with Crippen LogP contribution in [0.25, 0.3) is 0 Å². The van der Waals surface area contributed by atoms with Crippen molar-refractivity contribution in [1.29, 1.82) is 5.26 Å². The Bertz CT molecular complexity index is 224. The van der Waals surface area contributed by atoms with Crippen LogP contribution in [0.1, 0.15) is 0 Å². The molecular weight excluding hydrogens is 126 g/mol. The maximum Gasteiger partial charge on any atom is 0.147 e. The van der Waals surface area contributed by atoms with Crippen molar-refractivity contribution in [3.05, 3.63) is 11.4 Å². The molecule has 0 bridgehead atoms. The molecule has 0 spiro atoms. The first-order chi connectivity index (χ1) is 4.63. The van der Waals surface area contributed by atoms with Gasteiger partial charge in [0.15, 0.2) is 0 Å². The summed E-state index contributed by atoms with van der Waals surface area (Å²) in [5, 5.41) is 8.47. The van der Waals surface area contributed by atoms with Gasteiger partial charge in [-0.2, -0.15) is 5.26 Å². The lowest BCUT2D eigenvalue weighted by molar-refractivity contribution is 0.528. The van der Waals surface area contributed by atoms with Gasteiger partial charge in [0, 0.05) is 14.1 Å². The van der Waals surface area contributed by atoms with Gasteiger partial charge >= 0.3 is 0 Å². The first kappa shape index (κ1) is 8.39. The Kier molecular flexibility index (Phi) is 2.87. The molecule has 0 saturated heterocycles. The molecule has 0 fully saturated rings. The summed E-state index contributed by atoms with van der Waals surface area (Å²) >= 11 is 0. The third kappa shape index (κ3) is 1.72. The SMILES string of the molecule is C#C/C(N)=C(\C#N)N(C)C. The van der Waals surface area contributed by atoms with Crippen LogP contribution in [0.3, 0.4) is 0 Å². The van der Waals surface area contributed by atoms with Crippen LogP contribution in [0.15, 0.2) is 11.4 Å². The lowest BCUT2D eigenvalue weighted by atomic mass is 10.3. The standard InChI is InChI=1S/C7H9N3/c1-4-6(9)7(5-8)10(2)3/h1H,9H2,2-3H3/b7-6-. The Labute approximate surface area is 60.7 Å². The second kappa shape index (κ2) is 3.42. The van der Waals surface area contributed by atoms with Crippen LogP contribution >= 0.6 is 0 Å². The van der Waals surface area contributed by atoms with Crippen molar-refractivity contribution in [3.63, 3.8) is 0 Å². The smallest absolute Gasteiger partial charge is 0.147 e. The molecule has 0 aromatic heterocycles. The zero-order chi connectivity index (χ0) is 8.15. The Morgan fingerprint density at radius 2 is 2.10 bits per heavy atom. The van der Waals surface area contributed by atoms with Gasteiger partial charge in [0.05, 0.1) is 0 Å². The van der Waals surface area contributed by atoms with E-state index in [2.05, 4.69) is 5.92 Å². The minimum absolute atomic E-state index is 0.174. The molecule has 0 radical (unpaired) electrons. The van der Waals surface area contributed by atoms with Gasteiger partial charge in [-0.1, -0.05) is 0 Å². The maximum atomic E-state index is 8.47. The predicted octanol–water partition coefficient (Wildman–Crippen LogP) is -0.125. The molecule has 2 N–H and O–H groups in total. The predicted molar refractivity (Wildman–Crippen MR) is 39.3 cm³/mol. The van der Waals surface area contributed by atoms with Gasteiger partial charge in [-0.3, -0.25) is 0 Å². The fraction of sp³-hybridized carbons (Fsp3) is 0.286. The lowest BCUT2D eigenvalue weighted by Crippen LogP contribution is -2.15. The van der Waals surface area contributed by atoms with E-state index < -0.39 is 0 Å². The summed E-state index contributed by atoms with van der Waals surface area (Å²) in [6.07, 6.45) is 4.98. The van der Waals surface area contributed by atoms with Gasteiger partial charge in [-0.25, -0.2) is 0 Å². The summed E-state index contributed by atoms with van der Waals surface area (Å²) < 4.78 is 0. The van der Waals surface area contributed by atoms with E-state index >= 15 is 0 Å². The van der Waals surface area contributed by atoms with Gasteiger partial charge in [0.1, 0.15) is 17.5 Å². The Balaban J connectivity index is 4.73. The van der Waals surface area contributed by atoms with Gasteiger partial charge in [-0.05, 0) is 5.92 Å². The van der Waals surface area contributed by atoms with E-state index in [0.29, 0.717) is 5.70 Å². The van der Waals surface area contributed by atoms with Crippen LogP contribution in [0.5, 0.6) is 0 Å². The zero-order valence-corrected chi connectivity index (χ0v) is 6.05.